The Morgan fingerprint density at radius 1 is 0.617 bits per heavy atom. The summed E-state index contributed by atoms with van der Waals surface area (Å²) in [5.74, 6) is 3.18. The van der Waals surface area contributed by atoms with Crippen LogP contribution in [0.15, 0.2) is 173 Å². The molecule has 0 saturated heterocycles. The van der Waals surface area contributed by atoms with Gasteiger partial charge in [-0.25, -0.2) is 0 Å². The Kier molecular flexibility index (Phi) is 32.8. The predicted octanol–water partition coefficient (Wildman–Crippen LogP) is 28.3. The summed E-state index contributed by atoms with van der Waals surface area (Å²) in [5.41, 5.74) is 15.9. The standard InChI is InChI=1S/C73H80N2O2.C8H16.C3H8.3C2H6/c1-13-21-29-51(15-3)55-36-42-58(43-37-55)75(67-34-26-33-63-62-32-25-28-49(11)71(62)77-73(63)67)66-46-39-53(17-5)70-64(66)44-38-56-40-45-65(50(12)69(56)70)74(57(18-6)41-35-52(16-4)54-30-23-22-24-31-54)47-68-61(27-14-2)60(20-8)72(76-68)59(19-7)48(9)10;1-8-6-4-2-3-5-7-8;1-3-2;3*1-2/h14,16-20,25-28,32-48,51,54H,2,5,8,13,15,21-24,29-31H2,1,3-4,6-7,9-12H3;8H,2-7H2,1H3;3H2,1-2H3;3*1-2H3/b41-35-,52-16+,57-18+,59-19-,61-27-,68-47-;;;;;. The molecule has 1 unspecified atom stereocenters. The number of hydrogen-bond acceptors (Lipinski definition) is 4. The van der Waals surface area contributed by atoms with E-state index in [1.165, 1.54) is 113 Å². The van der Waals surface area contributed by atoms with Gasteiger partial charge >= 0.3 is 0 Å². The van der Waals surface area contributed by atoms with Crippen molar-refractivity contribution in [3.05, 3.63) is 209 Å². The Labute approximate surface area is 571 Å². The molecule has 2 saturated carbocycles. The summed E-state index contributed by atoms with van der Waals surface area (Å²) in [4.78, 5) is 4.75. The summed E-state index contributed by atoms with van der Waals surface area (Å²) in [7, 11) is 0. The van der Waals surface area contributed by atoms with Gasteiger partial charge in [0.15, 0.2) is 11.0 Å². The fourth-order valence-corrected chi connectivity index (χ4v) is 13.8. The lowest BCUT2D eigenvalue weighted by Crippen LogP contribution is -2.27. The second-order valence-corrected chi connectivity index (χ2v) is 25.2. The molecule has 10 rings (SSSR count). The lowest BCUT2D eigenvalue weighted by Gasteiger charge is -2.29. The largest absolute Gasteiger partial charge is 0.454 e. The Morgan fingerprint density at radius 2 is 1.23 bits per heavy atom. The molecule has 1 atom stereocenters. The van der Waals surface area contributed by atoms with E-state index in [0.717, 1.165) is 123 Å². The lowest BCUT2D eigenvalue weighted by molar-refractivity contribution is 0.408. The average Bonchev–Trinajstić information content (AvgIpc) is 1.02. The van der Waals surface area contributed by atoms with Crippen molar-refractivity contribution in [2.75, 3.05) is 9.80 Å². The van der Waals surface area contributed by atoms with Gasteiger partial charge in [0.05, 0.1) is 17.6 Å². The van der Waals surface area contributed by atoms with Gasteiger partial charge in [-0.05, 0) is 170 Å². The molecule has 0 spiro atoms. The molecule has 8 aromatic rings. The number of allylic oxidation sites excluding steroid dienone is 8. The second-order valence-electron chi connectivity index (χ2n) is 25.2. The summed E-state index contributed by atoms with van der Waals surface area (Å²) in [6.45, 7) is 51.4. The van der Waals surface area contributed by atoms with Crippen LogP contribution in [0.2, 0.25) is 0 Å². The number of furan rings is 2. The van der Waals surface area contributed by atoms with E-state index in [1.807, 2.05) is 65.8 Å². The zero-order valence-electron chi connectivity index (χ0n) is 62.0. The first-order valence-electron chi connectivity index (χ1n) is 36.8. The third-order valence-electron chi connectivity index (χ3n) is 18.6. The first-order chi connectivity index (χ1) is 45.8. The fourth-order valence-electron chi connectivity index (χ4n) is 13.8. The number of unbranched alkanes of at least 4 members (excludes halogenated alkanes) is 1. The maximum atomic E-state index is 7.05. The first-order valence-corrected chi connectivity index (χ1v) is 36.8. The van der Waals surface area contributed by atoms with E-state index in [9.17, 15) is 0 Å². The van der Waals surface area contributed by atoms with Crippen molar-refractivity contribution in [2.45, 2.75) is 233 Å². The predicted molar refractivity (Wildman–Crippen MR) is 424 cm³/mol. The maximum Gasteiger partial charge on any atom is 0.159 e. The zero-order chi connectivity index (χ0) is 68.9. The molecule has 4 heteroatoms. The third kappa shape index (κ3) is 18.5. The quantitative estimate of drug-likeness (QED) is 0.0459. The van der Waals surface area contributed by atoms with Crippen LogP contribution in [0.1, 0.15) is 253 Å². The lowest BCUT2D eigenvalue weighted by atomic mass is 9.83. The topological polar surface area (TPSA) is 32.8 Å². The first kappa shape index (κ1) is 77.1. The number of anilines is 4. The van der Waals surface area contributed by atoms with Gasteiger partial charge in [-0.1, -0.05) is 302 Å². The monoisotopic (exact) mass is 1260 g/mol. The SMILES string of the molecule is C=C/C=c1/c(C=C)c(/C(=C\C)C(C)C)o/c1=C\N(C(/C=C\C(=C/C)C1CCCCC1)=C/C)c1ccc2ccc3c(N(c4ccc(C(CC)CCCC)cc4)c4cccc5c4oc4c(C)cccc45)ccc(C=C)c3c2c1C.CC.CC.CC.CC1CCCCCC1.CCC. The molecule has 0 amide bonds. The van der Waals surface area contributed by atoms with Crippen LogP contribution in [0, 0.1) is 31.6 Å². The number of benzene rings is 6. The minimum absolute atomic E-state index is 0.244. The van der Waals surface area contributed by atoms with Gasteiger partial charge in [-0.15, -0.1) is 0 Å². The third-order valence-corrected chi connectivity index (χ3v) is 18.6. The van der Waals surface area contributed by atoms with Crippen molar-refractivity contribution in [3.63, 3.8) is 0 Å². The Hall–Kier alpha value is -7.56. The highest BCUT2D eigenvalue weighted by Gasteiger charge is 2.26. The minimum Gasteiger partial charge on any atom is -0.454 e. The summed E-state index contributed by atoms with van der Waals surface area (Å²) < 4.78 is 14.0. The van der Waals surface area contributed by atoms with Crippen LogP contribution in [-0.4, -0.2) is 0 Å². The number of rotatable bonds is 19. The molecule has 0 bridgehead atoms. The van der Waals surface area contributed by atoms with Crippen LogP contribution in [0.3, 0.4) is 0 Å². The Balaban J connectivity index is 0.000000841. The van der Waals surface area contributed by atoms with E-state index in [2.05, 4.69) is 246 Å². The van der Waals surface area contributed by atoms with Crippen molar-refractivity contribution in [3.8, 4) is 0 Å². The van der Waals surface area contributed by atoms with E-state index >= 15 is 0 Å². The van der Waals surface area contributed by atoms with Crippen molar-refractivity contribution in [2.24, 2.45) is 17.8 Å². The zero-order valence-corrected chi connectivity index (χ0v) is 62.0. The van der Waals surface area contributed by atoms with E-state index < -0.39 is 0 Å². The molecule has 504 valence electrons. The number of para-hydroxylation sites is 2. The van der Waals surface area contributed by atoms with Crippen LogP contribution in [-0.2, 0) is 0 Å². The van der Waals surface area contributed by atoms with E-state index in [4.69, 9.17) is 8.83 Å². The summed E-state index contributed by atoms with van der Waals surface area (Å²) in [6, 6.07) is 36.0. The molecule has 2 aromatic heterocycles. The number of nitrogens with zero attached hydrogens (tertiary/aromatic N) is 2. The number of hydrogen-bond donors (Lipinski definition) is 0. The molecule has 2 fully saturated rings. The van der Waals surface area contributed by atoms with Gasteiger partial charge < -0.3 is 18.6 Å². The maximum absolute atomic E-state index is 7.05. The molecular weight excluding hydrogens is 1140 g/mol. The molecule has 0 radical (unpaired) electrons. The van der Waals surface area contributed by atoms with Crippen LogP contribution in [0.4, 0.5) is 22.7 Å². The Bertz CT molecular complexity index is 3930. The van der Waals surface area contributed by atoms with Gasteiger partial charge in [0.2, 0.25) is 0 Å². The minimum atomic E-state index is 0.244. The van der Waals surface area contributed by atoms with Crippen LogP contribution in [0.25, 0.3) is 73.5 Å². The Morgan fingerprint density at radius 3 is 1.82 bits per heavy atom. The molecule has 2 aliphatic rings. The summed E-state index contributed by atoms with van der Waals surface area (Å²) >= 11 is 0. The van der Waals surface area contributed by atoms with Crippen molar-refractivity contribution in [1.29, 1.82) is 0 Å². The van der Waals surface area contributed by atoms with Crippen LogP contribution < -0.4 is 20.4 Å². The highest BCUT2D eigenvalue weighted by Crippen LogP contribution is 2.48. The number of aryl methyl sites for hydroxylation is 2. The van der Waals surface area contributed by atoms with Gasteiger partial charge in [0, 0.05) is 44.0 Å². The highest BCUT2D eigenvalue weighted by molar-refractivity contribution is 6.19. The molecule has 94 heavy (non-hydrogen) atoms. The second kappa shape index (κ2) is 40.0. The molecule has 4 nitrogen and oxygen atoms in total. The van der Waals surface area contributed by atoms with Gasteiger partial charge in [0.1, 0.15) is 11.3 Å². The van der Waals surface area contributed by atoms with E-state index in [0.29, 0.717) is 11.8 Å². The summed E-state index contributed by atoms with van der Waals surface area (Å²) in [6.07, 6.45) is 42.6. The average molecular weight is 1260 g/mol. The van der Waals surface area contributed by atoms with Gasteiger partial charge in [0.25, 0.3) is 0 Å². The smallest absolute Gasteiger partial charge is 0.159 e. The van der Waals surface area contributed by atoms with Crippen LogP contribution in [0.5, 0.6) is 0 Å². The molecule has 0 N–H and O–H groups in total. The molecule has 2 heterocycles. The van der Waals surface area contributed by atoms with E-state index in [-0.39, 0.29) is 5.92 Å². The molecule has 0 aliphatic heterocycles. The molecule has 2 aliphatic carbocycles. The van der Waals surface area contributed by atoms with Crippen LogP contribution >= 0.6 is 0 Å². The van der Waals surface area contributed by atoms with Gasteiger partial charge in [-0.2, -0.15) is 0 Å². The highest BCUT2D eigenvalue weighted by atomic mass is 16.3. The van der Waals surface area contributed by atoms with Crippen molar-refractivity contribution in [1.82, 2.24) is 0 Å². The van der Waals surface area contributed by atoms with Crippen molar-refractivity contribution < 1.29 is 8.83 Å². The molecule has 6 aromatic carbocycles. The van der Waals surface area contributed by atoms with Crippen molar-refractivity contribution >= 4 is 96.2 Å². The fraction of sp³-hybridized carbons (Fsp3) is 0.422. The normalized spacial score (nSPS) is 14.8. The van der Waals surface area contributed by atoms with E-state index in [1.54, 1.807) is 0 Å². The number of fused-ring (bicyclic) bond motifs is 6. The van der Waals surface area contributed by atoms with Gasteiger partial charge in [-0.3, -0.25) is 0 Å². The summed E-state index contributed by atoms with van der Waals surface area (Å²) in [5, 5.41) is 7.74. The molecular formula is C90H122N2O2.